The number of hydrogen-bond acceptors (Lipinski definition) is 0. The molecule has 1 aliphatic rings. The molecule has 1 aliphatic carbocycles. The largest absolute Gasteiger partial charge is 2.00 e. The van der Waals surface area contributed by atoms with Crippen molar-refractivity contribution in [3.05, 3.63) is 30.7 Å². The molecule has 0 heterocycles. The third kappa shape index (κ3) is 11.5. The normalized spacial score (nSPS) is 11.8. The minimum absolute atomic E-state index is 0. The Morgan fingerprint density at radius 2 is 2.00 bits per heavy atom. The topological polar surface area (TPSA) is 0 Å². The Morgan fingerprint density at radius 1 is 1.44 bits per heavy atom. The fourth-order valence-corrected chi connectivity index (χ4v) is 0.340. The van der Waals surface area contributed by atoms with Gasteiger partial charge in [-0.05, 0) is 0 Å². The van der Waals surface area contributed by atoms with Gasteiger partial charge in [-0.15, -0.1) is 6.42 Å². The summed E-state index contributed by atoms with van der Waals surface area (Å²) >= 11 is 0. The summed E-state index contributed by atoms with van der Waals surface area (Å²) in [4.78, 5) is 0. The molecule has 55 valence electrons. The standard InChI is InChI=1S/C5H5.C3H7.Cu/c1-2-4-5-3-1;1-3-2;/h1-3H,4H2;3H,1-2H3;/q2*-1;+2. The predicted molar refractivity (Wildman–Crippen MR) is 37.2 cm³/mol. The average molecular weight is 172 g/mol. The minimum Gasteiger partial charge on any atom is -0.335 e. The molecule has 0 saturated carbocycles. The first-order chi connectivity index (χ1) is 3.91. The summed E-state index contributed by atoms with van der Waals surface area (Å²) < 4.78 is 0. The molecule has 0 unspecified atom stereocenters. The van der Waals surface area contributed by atoms with Crippen LogP contribution in [-0.2, 0) is 17.1 Å². The van der Waals surface area contributed by atoms with Gasteiger partial charge in [0.25, 0.3) is 0 Å². The van der Waals surface area contributed by atoms with Gasteiger partial charge in [-0.3, -0.25) is 6.08 Å². The SMILES string of the molecule is C[CH-]C.[C-]1=CC=CC1.[Cu+2]. The van der Waals surface area contributed by atoms with E-state index in [1.165, 1.54) is 0 Å². The zero-order valence-corrected chi connectivity index (χ0v) is 6.76. The molecule has 0 nitrogen and oxygen atoms in total. The van der Waals surface area contributed by atoms with Crippen LogP contribution in [0.15, 0.2) is 18.2 Å². The van der Waals surface area contributed by atoms with E-state index in [1.807, 2.05) is 32.4 Å². The molecule has 0 aliphatic heterocycles. The van der Waals surface area contributed by atoms with Gasteiger partial charge in [-0.25, -0.2) is 12.2 Å². The van der Waals surface area contributed by atoms with Crippen LogP contribution in [0.1, 0.15) is 20.3 Å². The molecule has 0 spiro atoms. The summed E-state index contributed by atoms with van der Waals surface area (Å²) in [7, 11) is 0. The molecule has 1 rings (SSSR count). The van der Waals surface area contributed by atoms with E-state index in [4.69, 9.17) is 0 Å². The van der Waals surface area contributed by atoms with Gasteiger partial charge in [0.1, 0.15) is 0 Å². The molecule has 0 N–H and O–H groups in total. The Morgan fingerprint density at radius 3 is 2.11 bits per heavy atom. The second-order valence-electron chi connectivity index (χ2n) is 1.58. The minimum atomic E-state index is 0. The maximum Gasteiger partial charge on any atom is 2.00 e. The molecule has 0 aromatic carbocycles. The van der Waals surface area contributed by atoms with Crippen molar-refractivity contribution >= 4 is 0 Å². The molecule has 0 aromatic rings. The van der Waals surface area contributed by atoms with Gasteiger partial charge in [-0.2, -0.15) is 19.9 Å². The molecule has 0 atom stereocenters. The Labute approximate surface area is 68.5 Å². The number of hydrogen-bond donors (Lipinski definition) is 0. The quantitative estimate of drug-likeness (QED) is 0.388. The maximum atomic E-state index is 2.99. The predicted octanol–water partition coefficient (Wildman–Crippen LogP) is 2.53. The Balaban J connectivity index is 0. The van der Waals surface area contributed by atoms with E-state index in [1.54, 1.807) is 0 Å². The van der Waals surface area contributed by atoms with Crippen molar-refractivity contribution in [1.29, 1.82) is 0 Å². The fourth-order valence-electron chi connectivity index (χ4n) is 0.340. The Hall–Kier alpha value is -0.000519. The first kappa shape index (κ1) is 11.8. The van der Waals surface area contributed by atoms with Crippen LogP contribution in [0.4, 0.5) is 0 Å². The molecule has 0 aromatic heterocycles. The smallest absolute Gasteiger partial charge is 0.335 e. The van der Waals surface area contributed by atoms with Crippen LogP contribution in [0, 0.1) is 12.5 Å². The van der Waals surface area contributed by atoms with E-state index in [2.05, 4.69) is 12.2 Å². The van der Waals surface area contributed by atoms with Gasteiger partial charge in [0.2, 0.25) is 0 Å². The zero-order chi connectivity index (χ0) is 6.24. The van der Waals surface area contributed by atoms with Gasteiger partial charge < -0.3 is 6.42 Å². The Bertz CT molecular complexity index is 72.6. The average Bonchev–Trinajstić information content (AvgIpc) is 2.17. The van der Waals surface area contributed by atoms with E-state index >= 15 is 0 Å². The summed E-state index contributed by atoms with van der Waals surface area (Å²) in [6.07, 6.45) is 12.0. The van der Waals surface area contributed by atoms with E-state index in [0.29, 0.717) is 0 Å². The van der Waals surface area contributed by atoms with Crippen LogP contribution < -0.4 is 0 Å². The maximum absolute atomic E-state index is 2.99. The van der Waals surface area contributed by atoms with E-state index in [-0.39, 0.29) is 17.1 Å². The van der Waals surface area contributed by atoms with Crippen molar-refractivity contribution in [2.24, 2.45) is 0 Å². The Kier molecular flexibility index (Phi) is 14.2. The van der Waals surface area contributed by atoms with Crippen LogP contribution in [0.25, 0.3) is 0 Å². The van der Waals surface area contributed by atoms with E-state index in [0.717, 1.165) is 6.42 Å². The van der Waals surface area contributed by atoms with Crippen molar-refractivity contribution in [2.45, 2.75) is 20.3 Å². The van der Waals surface area contributed by atoms with Crippen molar-refractivity contribution in [1.82, 2.24) is 0 Å². The van der Waals surface area contributed by atoms with Crippen LogP contribution in [0.5, 0.6) is 0 Å². The summed E-state index contributed by atoms with van der Waals surface area (Å²) in [5.41, 5.74) is 0. The van der Waals surface area contributed by atoms with Crippen molar-refractivity contribution in [3.63, 3.8) is 0 Å². The van der Waals surface area contributed by atoms with Crippen LogP contribution in [0.3, 0.4) is 0 Å². The van der Waals surface area contributed by atoms with Crippen LogP contribution >= 0.6 is 0 Å². The van der Waals surface area contributed by atoms with Gasteiger partial charge in [0.15, 0.2) is 0 Å². The van der Waals surface area contributed by atoms with Crippen LogP contribution in [-0.4, -0.2) is 0 Å². The number of rotatable bonds is 0. The molecule has 0 bridgehead atoms. The monoisotopic (exact) mass is 171 g/mol. The fraction of sp³-hybridized carbons (Fsp3) is 0.375. The molecule has 0 amide bonds. The summed E-state index contributed by atoms with van der Waals surface area (Å²) in [5.74, 6) is 0. The zero-order valence-electron chi connectivity index (χ0n) is 5.82. The first-order valence-corrected chi connectivity index (χ1v) is 2.87. The summed E-state index contributed by atoms with van der Waals surface area (Å²) in [5, 5.41) is 0. The molecule has 0 fully saturated rings. The molecule has 9 heavy (non-hydrogen) atoms. The molecule has 1 radical (unpaired) electrons. The van der Waals surface area contributed by atoms with Crippen LogP contribution in [0.2, 0.25) is 0 Å². The molecular formula is C8H12Cu. The van der Waals surface area contributed by atoms with E-state index in [9.17, 15) is 0 Å². The molecule has 0 saturated heterocycles. The second-order valence-corrected chi connectivity index (χ2v) is 1.58. The summed E-state index contributed by atoms with van der Waals surface area (Å²) in [6, 6.07) is 0. The third-order valence-corrected chi connectivity index (χ3v) is 0.586. The van der Waals surface area contributed by atoms with Crippen molar-refractivity contribution in [3.8, 4) is 0 Å². The van der Waals surface area contributed by atoms with Gasteiger partial charge >= 0.3 is 17.1 Å². The van der Waals surface area contributed by atoms with Crippen molar-refractivity contribution < 1.29 is 17.1 Å². The van der Waals surface area contributed by atoms with Gasteiger partial charge in [0, 0.05) is 0 Å². The summed E-state index contributed by atoms with van der Waals surface area (Å²) in [6.45, 7) is 4.00. The number of allylic oxidation sites excluding steroid dienone is 4. The van der Waals surface area contributed by atoms with Gasteiger partial charge in [0.05, 0.1) is 0 Å². The first-order valence-electron chi connectivity index (χ1n) is 2.87. The third-order valence-electron chi connectivity index (χ3n) is 0.586. The molecular weight excluding hydrogens is 160 g/mol. The van der Waals surface area contributed by atoms with Crippen molar-refractivity contribution in [2.75, 3.05) is 0 Å². The molecule has 1 heteroatoms. The second kappa shape index (κ2) is 10.9. The van der Waals surface area contributed by atoms with Gasteiger partial charge in [-0.1, -0.05) is 0 Å². The van der Waals surface area contributed by atoms with E-state index < -0.39 is 0 Å².